The van der Waals surface area contributed by atoms with Crippen molar-refractivity contribution in [2.45, 2.75) is 109 Å². The first-order valence-corrected chi connectivity index (χ1v) is 18.8. The maximum atomic E-state index is 14.2. The van der Waals surface area contributed by atoms with Gasteiger partial charge in [-0.3, -0.25) is 14.4 Å². The van der Waals surface area contributed by atoms with Crippen LogP contribution >= 0.6 is 0 Å². The number of carboxylic acid groups (broad SMARTS) is 1. The van der Waals surface area contributed by atoms with E-state index in [1.165, 1.54) is 4.90 Å². The molecule has 1 aromatic rings. The van der Waals surface area contributed by atoms with Gasteiger partial charge < -0.3 is 39.6 Å². The lowest BCUT2D eigenvalue weighted by Crippen LogP contribution is -2.54. The summed E-state index contributed by atoms with van der Waals surface area (Å²) >= 11 is 0. The zero-order valence-electron chi connectivity index (χ0n) is 33.1. The lowest BCUT2D eigenvalue weighted by molar-refractivity contribution is -0.144. The molecule has 3 heterocycles. The van der Waals surface area contributed by atoms with E-state index in [0.29, 0.717) is 55.0 Å². The Hall–Kier alpha value is -5.17. The zero-order valence-corrected chi connectivity index (χ0v) is 33.1. The van der Waals surface area contributed by atoms with Crippen LogP contribution in [-0.2, 0) is 33.4 Å². The number of likely N-dealkylation sites (N-methyl/N-ethyl adjacent to an activating group) is 1. The summed E-state index contributed by atoms with van der Waals surface area (Å²) in [7, 11) is 3.33. The van der Waals surface area contributed by atoms with Crippen molar-refractivity contribution in [1.29, 1.82) is 0 Å². The van der Waals surface area contributed by atoms with Gasteiger partial charge in [-0.15, -0.1) is 0 Å². The predicted molar refractivity (Wildman–Crippen MR) is 208 cm³/mol. The number of nitrogens with one attached hydrogen (secondary N) is 2. The van der Waals surface area contributed by atoms with Crippen LogP contribution in [0.3, 0.4) is 0 Å². The van der Waals surface area contributed by atoms with Gasteiger partial charge in [-0.25, -0.2) is 9.79 Å². The first-order valence-electron chi connectivity index (χ1n) is 18.8. The minimum atomic E-state index is -1.14. The third kappa shape index (κ3) is 12.2. The molecule has 5 rings (SSSR count). The van der Waals surface area contributed by atoms with Gasteiger partial charge in [0.2, 0.25) is 11.8 Å². The van der Waals surface area contributed by atoms with Crippen LogP contribution in [0.4, 0.5) is 0 Å². The zero-order chi connectivity index (χ0) is 40.1. The van der Waals surface area contributed by atoms with Gasteiger partial charge in [-0.05, 0) is 103 Å². The molecule has 1 fully saturated rings. The largest absolute Gasteiger partial charge is 0.498 e. The molecule has 0 radical (unpaired) electrons. The summed E-state index contributed by atoms with van der Waals surface area (Å²) in [6, 6.07) is 3.00. The molecule has 1 unspecified atom stereocenters. The molecule has 4 aliphatic rings. The van der Waals surface area contributed by atoms with Crippen molar-refractivity contribution in [2.75, 3.05) is 27.3 Å². The van der Waals surface area contributed by atoms with E-state index in [-0.39, 0.29) is 30.9 Å². The number of allylic oxidation sites excluding steroid dienone is 6. The highest BCUT2D eigenvalue weighted by molar-refractivity contribution is 5.92. The average molecular weight is 761 g/mol. The van der Waals surface area contributed by atoms with Gasteiger partial charge >= 0.3 is 5.97 Å². The fraction of sp³-hybridized carbons (Fsp3) is 0.500. The number of fused-ring (bicyclic) bond motifs is 2. The molecule has 2 amide bonds. The number of hydrogen-bond donors (Lipinski definition) is 3. The van der Waals surface area contributed by atoms with E-state index in [9.17, 15) is 24.3 Å². The molecule has 4 atom stereocenters. The smallest absolute Gasteiger partial charge is 0.326 e. The van der Waals surface area contributed by atoms with E-state index < -0.39 is 36.1 Å². The van der Waals surface area contributed by atoms with Crippen molar-refractivity contribution >= 4 is 30.0 Å². The summed E-state index contributed by atoms with van der Waals surface area (Å²) in [5, 5.41) is 17.3. The Labute approximate surface area is 323 Å². The standard InChI is InChI=1S/C37H46N4O7.C5H10O2/c1-5-24-18-23(2)47-17-9-12-30(37(44)45)40-35(42)33-21-27(22-41(33)36(43)32(19-24)38-3)48-34-16-15-29(25-10-7-6-8-11-25)39-31-20-26(46-4)13-14-28(31)34;1-5(2,3)7-4-6/h5,7,10-11,13-15,18,20,27,30,32-33,38H,6,8-9,12,16-17,19,21-22H2,1-4H3,(H,40,42)(H,44,45);4H,1-3H3/b23-18+,24-5+;/t27-,30?,32+,33+;/m1./s1. The molecule has 55 heavy (non-hydrogen) atoms. The third-order valence-electron chi connectivity index (χ3n) is 9.50. The van der Waals surface area contributed by atoms with Crippen LogP contribution in [0, 0.1) is 0 Å². The number of hydrogen-bond acceptors (Lipinski definition) is 10. The van der Waals surface area contributed by atoms with Crippen LogP contribution in [0.25, 0.3) is 5.76 Å². The second-order valence-electron chi connectivity index (χ2n) is 14.7. The van der Waals surface area contributed by atoms with Crippen LogP contribution in [0.5, 0.6) is 5.75 Å². The maximum absolute atomic E-state index is 14.2. The monoisotopic (exact) mass is 760 g/mol. The SMILES string of the molecule is C/C=C1\C=C(/C)OCCCC(C(=O)O)NC(=O)[C@@H]2C[C@@H](OC3=c4ccc(OC)cc4=NC(C4=CCCC=C4)=CC3)CN2C(=O)[C@@H](NC)C1.CC(C)(C)OC=O. The first kappa shape index (κ1) is 42.6. The molecular weight excluding hydrogens is 704 g/mol. The molecule has 1 aromatic carbocycles. The number of ether oxygens (including phenoxy) is 4. The van der Waals surface area contributed by atoms with Gasteiger partial charge in [0.15, 0.2) is 0 Å². The number of nitrogens with zero attached hydrogens (tertiary/aromatic N) is 2. The lowest BCUT2D eigenvalue weighted by atomic mass is 10.0. The number of rotatable bonds is 7. The second kappa shape index (κ2) is 19.9. The van der Waals surface area contributed by atoms with E-state index in [4.69, 9.17) is 19.2 Å². The number of carbonyl (C=O) groups is 4. The Balaban J connectivity index is 0.000000876. The molecule has 298 valence electrons. The predicted octanol–water partition coefficient (Wildman–Crippen LogP) is 4.14. The summed E-state index contributed by atoms with van der Waals surface area (Å²) in [4.78, 5) is 56.2. The molecule has 0 saturated carbocycles. The van der Waals surface area contributed by atoms with Gasteiger partial charge in [-0.1, -0.05) is 30.4 Å². The highest BCUT2D eigenvalue weighted by Crippen LogP contribution is 2.28. The quantitative estimate of drug-likeness (QED) is 0.344. The highest BCUT2D eigenvalue weighted by atomic mass is 16.5. The molecule has 1 aliphatic carbocycles. The van der Waals surface area contributed by atoms with E-state index in [1.807, 2.05) is 71.0 Å². The Morgan fingerprint density at radius 3 is 2.58 bits per heavy atom. The topological polar surface area (TPSA) is 165 Å². The number of benzene rings is 1. The van der Waals surface area contributed by atoms with Crippen molar-refractivity contribution in [2.24, 2.45) is 4.99 Å². The van der Waals surface area contributed by atoms with Crippen molar-refractivity contribution in [3.05, 3.63) is 87.8 Å². The van der Waals surface area contributed by atoms with E-state index in [1.54, 1.807) is 14.2 Å². The number of carbonyl (C=O) groups excluding carboxylic acids is 3. The lowest BCUT2D eigenvalue weighted by Gasteiger charge is -2.29. The van der Waals surface area contributed by atoms with Crippen LogP contribution < -0.4 is 25.9 Å². The van der Waals surface area contributed by atoms with E-state index in [0.717, 1.165) is 34.9 Å². The van der Waals surface area contributed by atoms with E-state index in [2.05, 4.69) is 33.6 Å². The minimum Gasteiger partial charge on any atom is -0.498 e. The Morgan fingerprint density at radius 1 is 1.18 bits per heavy atom. The highest BCUT2D eigenvalue weighted by Gasteiger charge is 2.43. The fourth-order valence-electron chi connectivity index (χ4n) is 6.62. The van der Waals surface area contributed by atoms with Gasteiger partial charge in [0.05, 0.1) is 43.1 Å². The fourth-order valence-corrected chi connectivity index (χ4v) is 6.62. The normalized spacial score (nSPS) is 25.2. The Bertz CT molecular complexity index is 1850. The molecule has 0 spiro atoms. The van der Waals surface area contributed by atoms with Crippen molar-refractivity contribution in [3.63, 3.8) is 0 Å². The van der Waals surface area contributed by atoms with Crippen LogP contribution in [0.15, 0.2) is 82.3 Å². The van der Waals surface area contributed by atoms with Crippen molar-refractivity contribution < 1.29 is 43.2 Å². The molecule has 0 bridgehead atoms. The Kier molecular flexibility index (Phi) is 15.4. The third-order valence-corrected chi connectivity index (χ3v) is 9.50. The number of aliphatic carboxylic acids is 1. The summed E-state index contributed by atoms with van der Waals surface area (Å²) in [6.07, 6.45) is 15.4. The van der Waals surface area contributed by atoms with Crippen molar-refractivity contribution in [1.82, 2.24) is 15.5 Å². The first-order chi connectivity index (χ1) is 26.3. The number of methoxy groups -OCH3 is 1. The summed E-state index contributed by atoms with van der Waals surface area (Å²) < 4.78 is 22.5. The average Bonchev–Trinajstić information content (AvgIpc) is 3.50. The molecular formula is C42H56N4O9. The molecule has 13 nitrogen and oxygen atoms in total. The minimum absolute atomic E-state index is 0.159. The van der Waals surface area contributed by atoms with Gasteiger partial charge in [0.25, 0.3) is 6.47 Å². The molecule has 0 aromatic heterocycles. The van der Waals surface area contributed by atoms with Gasteiger partial charge in [0, 0.05) is 24.1 Å². The molecule has 13 heteroatoms. The molecule has 1 saturated heterocycles. The summed E-state index contributed by atoms with van der Waals surface area (Å²) in [5.41, 5.74) is 2.48. The summed E-state index contributed by atoms with van der Waals surface area (Å²) in [6.45, 7) is 10.1. The Morgan fingerprint density at radius 2 is 1.96 bits per heavy atom. The summed E-state index contributed by atoms with van der Waals surface area (Å²) in [5.74, 6) is 0.101. The second-order valence-corrected chi connectivity index (χ2v) is 14.7. The molecule has 3 N–H and O–H groups in total. The molecule has 3 aliphatic heterocycles. The van der Waals surface area contributed by atoms with Crippen molar-refractivity contribution in [3.8, 4) is 5.75 Å². The van der Waals surface area contributed by atoms with Crippen LogP contribution in [0.2, 0.25) is 0 Å². The van der Waals surface area contributed by atoms with Crippen LogP contribution in [-0.4, -0.2) is 91.4 Å². The van der Waals surface area contributed by atoms with Crippen LogP contribution in [0.1, 0.15) is 79.6 Å². The van der Waals surface area contributed by atoms with E-state index >= 15 is 0 Å². The maximum Gasteiger partial charge on any atom is 0.326 e. The van der Waals surface area contributed by atoms with Gasteiger partial charge in [0.1, 0.15) is 35.3 Å². The van der Waals surface area contributed by atoms with Gasteiger partial charge in [-0.2, -0.15) is 0 Å². The number of carboxylic acids is 1. The number of amides is 2.